The maximum absolute atomic E-state index is 13.9. The summed E-state index contributed by atoms with van der Waals surface area (Å²) in [4.78, 5) is 18.9. The normalized spacial score (nSPS) is 28.5. The van der Waals surface area contributed by atoms with E-state index in [1.807, 2.05) is 54.6 Å². The van der Waals surface area contributed by atoms with Gasteiger partial charge in [-0.05, 0) is 29.7 Å². The zero-order chi connectivity index (χ0) is 29.7. The average Bonchev–Trinajstić information content (AvgIpc) is 3.56. The van der Waals surface area contributed by atoms with Gasteiger partial charge < -0.3 is 34.1 Å². The third-order valence-electron chi connectivity index (χ3n) is 8.99. The van der Waals surface area contributed by atoms with Gasteiger partial charge in [-0.1, -0.05) is 55.8 Å². The van der Waals surface area contributed by atoms with Gasteiger partial charge in [-0.25, -0.2) is 4.99 Å². The SMILES string of the molecule is CCCCC1=N[C@@]2(O)[C@H](C(=O)OC)[C@@H](c3ccccc3)[C@]3(c4ccc(OC)cc4)Oc4cc(OC)cc(OC)c4[C@]23N1. The van der Waals surface area contributed by atoms with E-state index in [4.69, 9.17) is 28.7 Å². The number of rotatable bonds is 9. The summed E-state index contributed by atoms with van der Waals surface area (Å²) in [5.74, 6) is 0.211. The Bertz CT molecular complexity index is 1530. The van der Waals surface area contributed by atoms with Gasteiger partial charge in [0.2, 0.25) is 5.72 Å². The fourth-order valence-corrected chi connectivity index (χ4v) is 7.31. The van der Waals surface area contributed by atoms with E-state index in [1.54, 1.807) is 33.5 Å². The van der Waals surface area contributed by atoms with Crippen molar-refractivity contribution in [2.45, 2.75) is 49.0 Å². The van der Waals surface area contributed by atoms with E-state index in [0.29, 0.717) is 40.8 Å². The van der Waals surface area contributed by atoms with E-state index in [0.717, 1.165) is 24.0 Å². The smallest absolute Gasteiger partial charge is 0.314 e. The van der Waals surface area contributed by atoms with E-state index in [1.165, 1.54) is 7.11 Å². The number of aliphatic hydroxyl groups is 1. The van der Waals surface area contributed by atoms with Crippen molar-refractivity contribution in [1.29, 1.82) is 0 Å². The molecule has 9 heteroatoms. The highest BCUT2D eigenvalue weighted by Gasteiger charge is 2.87. The molecule has 1 spiro atoms. The summed E-state index contributed by atoms with van der Waals surface area (Å²) in [6, 6.07) is 20.7. The van der Waals surface area contributed by atoms with Crippen molar-refractivity contribution in [3.63, 3.8) is 0 Å². The molecule has 0 radical (unpaired) electrons. The summed E-state index contributed by atoms with van der Waals surface area (Å²) in [7, 11) is 6.07. The largest absolute Gasteiger partial charge is 0.497 e. The number of ether oxygens (including phenoxy) is 5. The van der Waals surface area contributed by atoms with Crippen LogP contribution in [0.15, 0.2) is 71.7 Å². The van der Waals surface area contributed by atoms with Crippen molar-refractivity contribution in [3.8, 4) is 23.0 Å². The second kappa shape index (κ2) is 10.2. The van der Waals surface area contributed by atoms with Crippen LogP contribution in [0.1, 0.15) is 48.8 Å². The molecule has 3 aliphatic rings. The number of unbranched alkanes of at least 4 members (excludes halogenated alkanes) is 1. The zero-order valence-corrected chi connectivity index (χ0v) is 24.5. The first-order valence-electron chi connectivity index (χ1n) is 14.2. The molecule has 3 aromatic rings. The summed E-state index contributed by atoms with van der Waals surface area (Å²) in [6.07, 6.45) is 2.35. The number of nitrogens with one attached hydrogen (secondary N) is 1. The number of aliphatic imine (C=N–C) groups is 1. The predicted molar refractivity (Wildman–Crippen MR) is 156 cm³/mol. The highest BCUT2D eigenvalue weighted by atomic mass is 16.5. The number of methoxy groups -OCH3 is 4. The minimum atomic E-state index is -2.02. The molecule has 0 amide bonds. The van der Waals surface area contributed by atoms with Gasteiger partial charge in [-0.3, -0.25) is 4.79 Å². The second-order valence-corrected chi connectivity index (χ2v) is 10.9. The van der Waals surface area contributed by atoms with E-state index in [2.05, 4.69) is 12.2 Å². The summed E-state index contributed by atoms with van der Waals surface area (Å²) < 4.78 is 29.6. The molecule has 3 aromatic carbocycles. The first kappa shape index (κ1) is 27.9. The molecule has 0 unspecified atom stereocenters. The van der Waals surface area contributed by atoms with Crippen molar-refractivity contribution in [2.75, 3.05) is 28.4 Å². The lowest BCUT2D eigenvalue weighted by Gasteiger charge is -2.44. The Morgan fingerprint density at radius 2 is 1.69 bits per heavy atom. The summed E-state index contributed by atoms with van der Waals surface area (Å²) >= 11 is 0. The number of carbonyl (C=O) groups excluding carboxylic acids is 1. The second-order valence-electron chi connectivity index (χ2n) is 10.9. The van der Waals surface area contributed by atoms with E-state index in [-0.39, 0.29) is 0 Å². The third-order valence-corrected chi connectivity index (χ3v) is 8.99. The molecule has 6 rings (SSSR count). The van der Waals surface area contributed by atoms with Crippen molar-refractivity contribution < 1.29 is 33.6 Å². The van der Waals surface area contributed by atoms with Crippen LogP contribution in [0, 0.1) is 5.92 Å². The Hall–Kier alpha value is -4.24. The van der Waals surface area contributed by atoms with Crippen LogP contribution in [0.3, 0.4) is 0 Å². The van der Waals surface area contributed by atoms with Gasteiger partial charge in [0.1, 0.15) is 34.8 Å². The number of hydrogen-bond acceptors (Lipinski definition) is 9. The quantitative estimate of drug-likeness (QED) is 0.357. The fourth-order valence-electron chi connectivity index (χ4n) is 7.31. The van der Waals surface area contributed by atoms with Crippen LogP contribution in [0.4, 0.5) is 0 Å². The number of benzene rings is 3. The Morgan fingerprint density at radius 1 is 0.976 bits per heavy atom. The first-order valence-corrected chi connectivity index (χ1v) is 14.2. The third kappa shape index (κ3) is 3.52. The maximum atomic E-state index is 13.9. The summed E-state index contributed by atoms with van der Waals surface area (Å²) in [5.41, 5.74) is -2.82. The molecule has 2 heterocycles. The average molecular weight is 573 g/mol. The minimum absolute atomic E-state index is 0.440. The minimum Gasteiger partial charge on any atom is -0.497 e. The van der Waals surface area contributed by atoms with Gasteiger partial charge in [0.25, 0.3) is 0 Å². The molecule has 0 bridgehead atoms. The molecule has 42 heavy (non-hydrogen) atoms. The first-order chi connectivity index (χ1) is 20.3. The van der Waals surface area contributed by atoms with Crippen molar-refractivity contribution in [1.82, 2.24) is 5.32 Å². The Kier molecular flexibility index (Phi) is 6.80. The molecule has 1 fully saturated rings. The van der Waals surface area contributed by atoms with Crippen LogP contribution in [0.25, 0.3) is 0 Å². The molecule has 5 atom stereocenters. The number of esters is 1. The number of nitrogens with zero attached hydrogens (tertiary/aromatic N) is 1. The highest BCUT2D eigenvalue weighted by Crippen LogP contribution is 2.75. The molecule has 0 aromatic heterocycles. The molecule has 9 nitrogen and oxygen atoms in total. The van der Waals surface area contributed by atoms with Crippen molar-refractivity contribution in [2.24, 2.45) is 10.9 Å². The molecule has 2 N–H and O–H groups in total. The highest BCUT2D eigenvalue weighted by molar-refractivity contribution is 5.91. The molecule has 1 saturated carbocycles. The zero-order valence-electron chi connectivity index (χ0n) is 24.5. The van der Waals surface area contributed by atoms with Crippen molar-refractivity contribution in [3.05, 3.63) is 83.4 Å². The van der Waals surface area contributed by atoms with Gasteiger partial charge in [0.15, 0.2) is 11.1 Å². The Balaban J connectivity index is 1.76. The van der Waals surface area contributed by atoms with Crippen LogP contribution in [0.5, 0.6) is 23.0 Å². The van der Waals surface area contributed by atoms with E-state index < -0.39 is 34.7 Å². The number of hydrogen-bond donors (Lipinski definition) is 2. The maximum Gasteiger partial charge on any atom is 0.314 e. The lowest BCUT2D eigenvalue weighted by Crippen LogP contribution is -2.63. The molecular formula is C33H36N2O7. The topological polar surface area (TPSA) is 108 Å². The van der Waals surface area contributed by atoms with Gasteiger partial charge >= 0.3 is 5.97 Å². The van der Waals surface area contributed by atoms with Crippen molar-refractivity contribution >= 4 is 11.8 Å². The lowest BCUT2D eigenvalue weighted by atomic mass is 9.68. The van der Waals surface area contributed by atoms with Crippen LogP contribution in [-0.2, 0) is 20.7 Å². The van der Waals surface area contributed by atoms with Crippen LogP contribution >= 0.6 is 0 Å². The van der Waals surface area contributed by atoms with Crippen LogP contribution in [0.2, 0.25) is 0 Å². The van der Waals surface area contributed by atoms with Crippen LogP contribution < -0.4 is 24.3 Å². The van der Waals surface area contributed by atoms with Gasteiger partial charge in [-0.2, -0.15) is 0 Å². The van der Waals surface area contributed by atoms with E-state index >= 15 is 0 Å². The molecule has 1 aliphatic carbocycles. The number of amidine groups is 1. The summed E-state index contributed by atoms with van der Waals surface area (Å²) in [5, 5.41) is 16.8. The number of carbonyl (C=O) groups is 1. The molecular weight excluding hydrogens is 536 g/mol. The van der Waals surface area contributed by atoms with E-state index in [9.17, 15) is 9.90 Å². The Labute approximate surface area is 245 Å². The number of fused-ring (bicyclic) bond motifs is 1. The monoisotopic (exact) mass is 572 g/mol. The molecule has 2 aliphatic heterocycles. The fraction of sp³-hybridized carbons (Fsp3) is 0.394. The van der Waals surface area contributed by atoms with Gasteiger partial charge in [0, 0.05) is 24.5 Å². The molecule has 220 valence electrons. The van der Waals surface area contributed by atoms with Gasteiger partial charge in [0.05, 0.1) is 34.0 Å². The predicted octanol–water partition coefficient (Wildman–Crippen LogP) is 4.66. The lowest BCUT2D eigenvalue weighted by molar-refractivity contribution is -0.156. The standard InChI is InChI=1S/C33H36N2O7/c1-6-7-13-26-34-32-28-24(40-4)18-23(39-3)19-25(28)42-31(32,21-14-16-22(38-2)17-15-21)27(20-11-9-8-10-12-20)29(30(36)41-5)33(32,37)35-26/h8-12,14-19,27,29,37H,6-7,13H2,1-5H3,(H,34,35)/t27-,29+,31+,32-,33-/m1/s1. The summed E-state index contributed by atoms with van der Waals surface area (Å²) in [6.45, 7) is 2.09. The molecule has 0 saturated heterocycles. The van der Waals surface area contributed by atoms with Crippen LogP contribution in [-0.4, -0.2) is 51.1 Å². The Morgan fingerprint density at radius 3 is 2.31 bits per heavy atom. The van der Waals surface area contributed by atoms with Gasteiger partial charge in [-0.15, -0.1) is 0 Å².